The van der Waals surface area contributed by atoms with E-state index in [1.165, 1.54) is 36.1 Å². The highest BCUT2D eigenvalue weighted by atomic mass is 16.2. The second kappa shape index (κ2) is 6.37. The molecule has 2 saturated carbocycles. The molecule has 0 unspecified atom stereocenters. The molecule has 4 aliphatic rings. The molecule has 2 heterocycles. The zero-order valence-electron chi connectivity index (χ0n) is 16.3. The van der Waals surface area contributed by atoms with Gasteiger partial charge in [-0.3, -0.25) is 4.79 Å². The molecule has 2 aliphatic carbocycles. The molecular formula is C25H28N2O. The van der Waals surface area contributed by atoms with Crippen molar-refractivity contribution < 1.29 is 4.79 Å². The Morgan fingerprint density at radius 3 is 2.57 bits per heavy atom. The Balaban J connectivity index is 1.41. The molecule has 1 amide bonds. The van der Waals surface area contributed by atoms with Crippen LogP contribution in [-0.4, -0.2) is 23.9 Å². The maximum absolute atomic E-state index is 13.0. The van der Waals surface area contributed by atoms with Gasteiger partial charge in [-0.05, 0) is 85.1 Å². The number of anilines is 1. The lowest BCUT2D eigenvalue weighted by molar-refractivity contribution is 0.0792. The van der Waals surface area contributed by atoms with Gasteiger partial charge in [0, 0.05) is 24.3 Å². The van der Waals surface area contributed by atoms with Crippen molar-refractivity contribution in [1.82, 2.24) is 4.90 Å². The summed E-state index contributed by atoms with van der Waals surface area (Å²) in [6, 6.07) is 17.8. The van der Waals surface area contributed by atoms with Gasteiger partial charge in [0.1, 0.15) is 0 Å². The van der Waals surface area contributed by atoms with Crippen LogP contribution in [0.5, 0.6) is 0 Å². The summed E-state index contributed by atoms with van der Waals surface area (Å²) in [5.74, 6) is 3.10. The van der Waals surface area contributed by atoms with Gasteiger partial charge in [0.25, 0.3) is 5.91 Å². The summed E-state index contributed by atoms with van der Waals surface area (Å²) in [5, 5.41) is 3.88. The zero-order chi connectivity index (χ0) is 18.7. The largest absolute Gasteiger partial charge is 0.378 e. The maximum Gasteiger partial charge on any atom is 0.253 e. The second-order valence-electron chi connectivity index (χ2n) is 9.27. The van der Waals surface area contributed by atoms with Crippen LogP contribution in [-0.2, 0) is 0 Å². The number of carbonyl (C=O) groups excluding carboxylic acids is 1. The summed E-state index contributed by atoms with van der Waals surface area (Å²) in [5.41, 5.74) is 4.96. The lowest BCUT2D eigenvalue weighted by atomic mass is 9.68. The van der Waals surface area contributed by atoms with E-state index in [9.17, 15) is 4.79 Å². The zero-order valence-corrected chi connectivity index (χ0v) is 16.3. The highest BCUT2D eigenvalue weighted by Gasteiger charge is 2.53. The number of carbonyl (C=O) groups is 1. The number of amides is 1. The fraction of sp³-hybridized carbons (Fsp3) is 0.480. The fourth-order valence-electron chi connectivity index (χ4n) is 6.71. The molecule has 2 bridgehead atoms. The molecule has 2 aromatic rings. The molecule has 144 valence electrons. The van der Waals surface area contributed by atoms with Crippen LogP contribution in [0.4, 0.5) is 5.69 Å². The summed E-state index contributed by atoms with van der Waals surface area (Å²) in [4.78, 5) is 15.0. The third-order valence-electron chi connectivity index (χ3n) is 7.89. The smallest absolute Gasteiger partial charge is 0.253 e. The van der Waals surface area contributed by atoms with Gasteiger partial charge in [0.15, 0.2) is 0 Å². The standard InChI is InChI=1S/C25H28N2O/c28-25(27-12-4-5-13-27)19-10-11-21-20(15-19)22-17-8-9-18(14-17)23(22)24(26-21)16-6-2-1-3-7-16/h1-3,6-7,10-11,15,17-18,22-24,26H,4-5,8-9,12-14H2/t17-,18+,22-,23-,24-/m1/s1. The van der Waals surface area contributed by atoms with E-state index in [2.05, 4.69) is 47.8 Å². The number of nitrogens with one attached hydrogen (secondary N) is 1. The number of hydrogen-bond acceptors (Lipinski definition) is 2. The Bertz CT molecular complexity index is 902. The molecular weight excluding hydrogens is 344 g/mol. The number of fused-ring (bicyclic) bond motifs is 7. The molecule has 1 saturated heterocycles. The lowest BCUT2D eigenvalue weighted by Gasteiger charge is -2.43. The predicted molar refractivity (Wildman–Crippen MR) is 111 cm³/mol. The summed E-state index contributed by atoms with van der Waals surface area (Å²) in [6.45, 7) is 1.84. The van der Waals surface area contributed by atoms with Crippen LogP contribution in [0.3, 0.4) is 0 Å². The van der Waals surface area contributed by atoms with Gasteiger partial charge in [-0.25, -0.2) is 0 Å². The fourth-order valence-corrected chi connectivity index (χ4v) is 6.71. The first kappa shape index (κ1) is 16.6. The van der Waals surface area contributed by atoms with Crippen LogP contribution in [0, 0.1) is 17.8 Å². The Labute approximate surface area is 167 Å². The van der Waals surface area contributed by atoms with E-state index in [0.717, 1.165) is 43.3 Å². The van der Waals surface area contributed by atoms with Crippen molar-refractivity contribution in [1.29, 1.82) is 0 Å². The highest BCUT2D eigenvalue weighted by Crippen LogP contribution is 2.63. The average molecular weight is 373 g/mol. The van der Waals surface area contributed by atoms with E-state index in [-0.39, 0.29) is 5.91 Å². The third kappa shape index (κ3) is 2.45. The molecule has 5 atom stereocenters. The summed E-state index contributed by atoms with van der Waals surface area (Å²) in [7, 11) is 0. The monoisotopic (exact) mass is 372 g/mol. The molecule has 0 aromatic heterocycles. The van der Waals surface area contributed by atoms with E-state index in [1.807, 2.05) is 11.0 Å². The maximum atomic E-state index is 13.0. The minimum absolute atomic E-state index is 0.227. The van der Waals surface area contributed by atoms with E-state index < -0.39 is 0 Å². The van der Waals surface area contributed by atoms with Gasteiger partial charge in [0.05, 0.1) is 6.04 Å². The van der Waals surface area contributed by atoms with Crippen molar-refractivity contribution in [3.8, 4) is 0 Å². The molecule has 3 nitrogen and oxygen atoms in total. The Hall–Kier alpha value is -2.29. The molecule has 0 radical (unpaired) electrons. The summed E-state index contributed by atoms with van der Waals surface area (Å²) < 4.78 is 0. The van der Waals surface area contributed by atoms with Gasteiger partial charge >= 0.3 is 0 Å². The molecule has 3 heteroatoms. The average Bonchev–Trinajstić information content (AvgIpc) is 3.51. The van der Waals surface area contributed by atoms with Crippen LogP contribution >= 0.6 is 0 Å². The quantitative estimate of drug-likeness (QED) is 0.784. The van der Waals surface area contributed by atoms with Crippen LogP contribution in [0.2, 0.25) is 0 Å². The first-order valence-corrected chi connectivity index (χ1v) is 11.0. The number of rotatable bonds is 2. The summed E-state index contributed by atoms with van der Waals surface area (Å²) in [6.07, 6.45) is 6.39. The Kier molecular flexibility index (Phi) is 3.78. The minimum atomic E-state index is 0.227. The van der Waals surface area contributed by atoms with Gasteiger partial charge in [0.2, 0.25) is 0 Å². The van der Waals surface area contributed by atoms with E-state index in [1.54, 1.807) is 0 Å². The van der Waals surface area contributed by atoms with E-state index in [4.69, 9.17) is 0 Å². The van der Waals surface area contributed by atoms with E-state index in [0.29, 0.717) is 17.9 Å². The Morgan fingerprint density at radius 2 is 1.75 bits per heavy atom. The molecule has 28 heavy (non-hydrogen) atoms. The second-order valence-corrected chi connectivity index (χ2v) is 9.27. The number of benzene rings is 2. The van der Waals surface area contributed by atoms with Crippen LogP contribution in [0.15, 0.2) is 48.5 Å². The van der Waals surface area contributed by atoms with Crippen molar-refractivity contribution in [2.75, 3.05) is 18.4 Å². The first-order valence-electron chi connectivity index (χ1n) is 11.0. The molecule has 0 spiro atoms. The van der Waals surface area contributed by atoms with Crippen molar-refractivity contribution in [3.05, 3.63) is 65.2 Å². The topological polar surface area (TPSA) is 32.3 Å². The van der Waals surface area contributed by atoms with Crippen LogP contribution < -0.4 is 5.32 Å². The van der Waals surface area contributed by atoms with Gasteiger partial charge in [-0.15, -0.1) is 0 Å². The number of nitrogens with zero attached hydrogens (tertiary/aromatic N) is 1. The SMILES string of the molecule is O=C(c1ccc2c(c1)[C@H]1[C@@H]3CC[C@@H](C3)[C@H]1[C@@H](c1ccccc1)N2)N1CCCC1. The Morgan fingerprint density at radius 1 is 0.964 bits per heavy atom. The number of hydrogen-bond donors (Lipinski definition) is 1. The van der Waals surface area contributed by atoms with Crippen molar-refractivity contribution in [2.24, 2.45) is 17.8 Å². The van der Waals surface area contributed by atoms with Gasteiger partial charge in [-0.2, -0.15) is 0 Å². The van der Waals surface area contributed by atoms with Crippen LogP contribution in [0.25, 0.3) is 0 Å². The normalized spacial score (nSPS) is 32.7. The van der Waals surface area contributed by atoms with E-state index >= 15 is 0 Å². The minimum Gasteiger partial charge on any atom is -0.378 e. The molecule has 3 fully saturated rings. The van der Waals surface area contributed by atoms with Crippen molar-refractivity contribution in [3.63, 3.8) is 0 Å². The van der Waals surface area contributed by atoms with Crippen molar-refractivity contribution in [2.45, 2.75) is 44.1 Å². The number of likely N-dealkylation sites (tertiary alicyclic amines) is 1. The first-order chi connectivity index (χ1) is 13.8. The van der Waals surface area contributed by atoms with Crippen molar-refractivity contribution >= 4 is 11.6 Å². The summed E-state index contributed by atoms with van der Waals surface area (Å²) >= 11 is 0. The predicted octanol–water partition coefficient (Wildman–Crippen LogP) is 5.22. The molecule has 1 N–H and O–H groups in total. The molecule has 2 aliphatic heterocycles. The van der Waals surface area contributed by atoms with Gasteiger partial charge < -0.3 is 10.2 Å². The highest BCUT2D eigenvalue weighted by molar-refractivity contribution is 5.95. The molecule has 6 rings (SSSR count). The van der Waals surface area contributed by atoms with Crippen LogP contribution in [0.1, 0.15) is 65.5 Å². The molecule has 2 aromatic carbocycles. The lowest BCUT2D eigenvalue weighted by Crippen LogP contribution is -2.36. The third-order valence-corrected chi connectivity index (χ3v) is 7.89. The van der Waals surface area contributed by atoms with Gasteiger partial charge in [-0.1, -0.05) is 30.3 Å².